The zero-order valence-corrected chi connectivity index (χ0v) is 18.6. The van der Waals surface area contributed by atoms with Crippen LogP contribution in [0.1, 0.15) is 26.3 Å². The van der Waals surface area contributed by atoms with Gasteiger partial charge in [0.2, 0.25) is 0 Å². The molecule has 0 aliphatic carbocycles. The van der Waals surface area contributed by atoms with Gasteiger partial charge >= 0.3 is 0 Å². The minimum absolute atomic E-state index is 0.116. The van der Waals surface area contributed by atoms with Crippen LogP contribution in [-0.4, -0.2) is 16.8 Å². The number of H-pyrrole nitrogens is 1. The normalized spacial score (nSPS) is 10.4. The number of aromatic nitrogens is 1. The maximum absolute atomic E-state index is 12.4. The van der Waals surface area contributed by atoms with E-state index in [-0.39, 0.29) is 5.56 Å². The Balaban J connectivity index is 1.32. The highest BCUT2D eigenvalue weighted by Gasteiger charge is 2.13. The van der Waals surface area contributed by atoms with Crippen LogP contribution in [-0.2, 0) is 6.61 Å². The third kappa shape index (κ3) is 5.70. The first kappa shape index (κ1) is 22.8. The Bertz CT molecular complexity index is 1350. The third-order valence-electron chi connectivity index (χ3n) is 4.96. The summed E-state index contributed by atoms with van der Waals surface area (Å²) < 4.78 is 5.67. The Hall–Kier alpha value is -4.36. The molecule has 8 heteroatoms. The molecule has 0 fully saturated rings. The van der Waals surface area contributed by atoms with E-state index in [2.05, 4.69) is 15.8 Å². The number of hydrazine groups is 1. The van der Waals surface area contributed by atoms with Gasteiger partial charge in [-0.2, -0.15) is 0 Å². The highest BCUT2D eigenvalue weighted by Crippen LogP contribution is 2.17. The van der Waals surface area contributed by atoms with Crippen molar-refractivity contribution in [3.05, 3.63) is 123 Å². The van der Waals surface area contributed by atoms with Crippen molar-refractivity contribution in [3.63, 3.8) is 0 Å². The van der Waals surface area contributed by atoms with E-state index in [4.69, 9.17) is 16.3 Å². The molecule has 0 aliphatic heterocycles. The molecule has 1 aromatic heterocycles. The number of hydrogen-bond donors (Lipinski definition) is 3. The second kappa shape index (κ2) is 10.5. The number of aromatic amines is 1. The molecule has 1 heterocycles. The topological polar surface area (TPSA) is 100 Å². The minimum atomic E-state index is -0.720. The molecule has 0 radical (unpaired) electrons. The van der Waals surface area contributed by atoms with E-state index in [1.807, 2.05) is 30.3 Å². The average Bonchev–Trinajstić information content (AvgIpc) is 2.87. The molecule has 0 unspecified atom stereocenters. The number of benzene rings is 3. The molecule has 4 aromatic rings. The summed E-state index contributed by atoms with van der Waals surface area (Å²) in [5, 5.41) is 0.628. The molecule has 0 saturated carbocycles. The number of carbonyl (C=O) groups excluding carboxylic acids is 2. The molecule has 0 aliphatic rings. The van der Waals surface area contributed by atoms with Crippen molar-refractivity contribution in [3.8, 4) is 17.0 Å². The van der Waals surface area contributed by atoms with Gasteiger partial charge in [-0.15, -0.1) is 0 Å². The Kier molecular flexibility index (Phi) is 7.05. The van der Waals surface area contributed by atoms with Gasteiger partial charge in [-0.25, -0.2) is 0 Å². The lowest BCUT2D eigenvalue weighted by atomic mass is 10.1. The van der Waals surface area contributed by atoms with Crippen molar-refractivity contribution < 1.29 is 14.3 Å². The molecular formula is C26H20ClN3O4. The third-order valence-corrected chi connectivity index (χ3v) is 5.22. The van der Waals surface area contributed by atoms with E-state index in [1.165, 1.54) is 6.07 Å². The fourth-order valence-corrected chi connectivity index (χ4v) is 3.27. The summed E-state index contributed by atoms with van der Waals surface area (Å²) in [7, 11) is 0. The lowest BCUT2D eigenvalue weighted by molar-refractivity contribution is 0.0846. The van der Waals surface area contributed by atoms with Crippen LogP contribution in [0.5, 0.6) is 5.75 Å². The molecule has 0 atom stereocenters. The van der Waals surface area contributed by atoms with E-state index in [9.17, 15) is 14.4 Å². The summed E-state index contributed by atoms with van der Waals surface area (Å²) in [6.07, 6.45) is 0. The lowest BCUT2D eigenvalue weighted by Gasteiger charge is -2.09. The molecule has 0 saturated heterocycles. The zero-order chi connectivity index (χ0) is 23.9. The predicted molar refractivity (Wildman–Crippen MR) is 130 cm³/mol. The van der Waals surface area contributed by atoms with Crippen molar-refractivity contribution in [2.45, 2.75) is 6.61 Å². The predicted octanol–water partition coefficient (Wildman–Crippen LogP) is 4.35. The Labute approximate surface area is 200 Å². The number of hydrogen-bond acceptors (Lipinski definition) is 4. The van der Waals surface area contributed by atoms with Gasteiger partial charge in [-0.3, -0.25) is 25.2 Å². The first-order chi connectivity index (χ1) is 16.5. The lowest BCUT2D eigenvalue weighted by Crippen LogP contribution is -2.43. The molecule has 3 aromatic carbocycles. The molecule has 34 heavy (non-hydrogen) atoms. The minimum Gasteiger partial charge on any atom is -0.489 e. The van der Waals surface area contributed by atoms with Crippen LogP contribution in [0.3, 0.4) is 0 Å². The first-order valence-electron chi connectivity index (χ1n) is 10.4. The van der Waals surface area contributed by atoms with E-state index in [0.717, 1.165) is 11.1 Å². The highest BCUT2D eigenvalue weighted by molar-refractivity contribution is 6.30. The molecular weight excluding hydrogens is 454 g/mol. The summed E-state index contributed by atoms with van der Waals surface area (Å²) in [6.45, 7) is 0.321. The van der Waals surface area contributed by atoms with Crippen molar-refractivity contribution in [1.29, 1.82) is 0 Å². The van der Waals surface area contributed by atoms with E-state index >= 15 is 0 Å². The number of pyridine rings is 1. The molecule has 0 bridgehead atoms. The molecule has 0 spiro atoms. The number of nitrogens with one attached hydrogen (secondary N) is 3. The van der Waals surface area contributed by atoms with Gasteiger partial charge in [-0.1, -0.05) is 54.1 Å². The number of halogens is 1. The van der Waals surface area contributed by atoms with Crippen LogP contribution in [0.15, 0.2) is 95.8 Å². The molecule has 3 N–H and O–H groups in total. The SMILES string of the molecule is O=C(NNC(=O)c1ccc(-c2ccccc2)[nH]c1=O)c1ccc(COc2ccc(Cl)cc2)cc1. The van der Waals surface area contributed by atoms with E-state index < -0.39 is 17.4 Å². The number of ether oxygens (including phenoxy) is 1. The Morgan fingerprint density at radius 2 is 1.47 bits per heavy atom. The van der Waals surface area contributed by atoms with Gasteiger partial charge in [0.25, 0.3) is 17.4 Å². The molecule has 4 rings (SSSR count). The van der Waals surface area contributed by atoms with Crippen molar-refractivity contribution in [1.82, 2.24) is 15.8 Å². The smallest absolute Gasteiger partial charge is 0.275 e. The van der Waals surface area contributed by atoms with Gasteiger partial charge in [-0.05, 0) is 59.7 Å². The van der Waals surface area contributed by atoms with Crippen LogP contribution >= 0.6 is 11.6 Å². The largest absolute Gasteiger partial charge is 0.489 e. The van der Waals surface area contributed by atoms with Gasteiger partial charge in [0.05, 0.1) is 0 Å². The van der Waals surface area contributed by atoms with Crippen LogP contribution in [0.25, 0.3) is 11.3 Å². The number of amides is 2. The van der Waals surface area contributed by atoms with Crippen LogP contribution in [0.2, 0.25) is 5.02 Å². The van der Waals surface area contributed by atoms with E-state index in [1.54, 1.807) is 54.6 Å². The van der Waals surface area contributed by atoms with Crippen LogP contribution < -0.4 is 21.1 Å². The molecule has 170 valence electrons. The van der Waals surface area contributed by atoms with Crippen LogP contribution in [0.4, 0.5) is 0 Å². The van der Waals surface area contributed by atoms with Gasteiger partial charge < -0.3 is 9.72 Å². The molecule has 7 nitrogen and oxygen atoms in total. The Morgan fingerprint density at radius 1 is 0.794 bits per heavy atom. The monoisotopic (exact) mass is 473 g/mol. The number of rotatable bonds is 6. The summed E-state index contributed by atoms with van der Waals surface area (Å²) in [6, 6.07) is 26.1. The highest BCUT2D eigenvalue weighted by atomic mass is 35.5. The van der Waals surface area contributed by atoms with Crippen molar-refractivity contribution in [2.75, 3.05) is 0 Å². The second-order valence-electron chi connectivity index (χ2n) is 7.33. The zero-order valence-electron chi connectivity index (χ0n) is 17.9. The maximum Gasteiger partial charge on any atom is 0.275 e. The maximum atomic E-state index is 12.4. The van der Waals surface area contributed by atoms with Crippen LogP contribution in [0, 0.1) is 0 Å². The second-order valence-corrected chi connectivity index (χ2v) is 7.77. The standard InChI is InChI=1S/C26H20ClN3O4/c27-20-10-12-21(13-11-20)34-16-17-6-8-19(9-7-17)24(31)29-30-26(33)22-14-15-23(28-25(22)32)18-4-2-1-3-5-18/h1-15H,16H2,(H,28,32)(H,29,31)(H,30,33). The summed E-state index contributed by atoms with van der Waals surface area (Å²) in [5.74, 6) is -0.557. The summed E-state index contributed by atoms with van der Waals surface area (Å²) in [5.41, 5.74) is 6.52. The van der Waals surface area contributed by atoms with Gasteiger partial charge in [0.1, 0.15) is 17.9 Å². The Morgan fingerprint density at radius 3 is 2.15 bits per heavy atom. The van der Waals surface area contributed by atoms with Gasteiger partial charge in [0.15, 0.2) is 0 Å². The summed E-state index contributed by atoms with van der Waals surface area (Å²) >= 11 is 5.86. The first-order valence-corrected chi connectivity index (χ1v) is 10.7. The quantitative estimate of drug-likeness (QED) is 0.362. The average molecular weight is 474 g/mol. The van der Waals surface area contributed by atoms with Gasteiger partial charge in [0, 0.05) is 16.3 Å². The fraction of sp³-hybridized carbons (Fsp3) is 0.0385. The number of carbonyl (C=O) groups is 2. The van der Waals surface area contributed by atoms with Crippen molar-refractivity contribution >= 4 is 23.4 Å². The molecule has 2 amide bonds. The van der Waals surface area contributed by atoms with Crippen molar-refractivity contribution in [2.24, 2.45) is 0 Å². The van der Waals surface area contributed by atoms with E-state index in [0.29, 0.717) is 28.6 Å². The fourth-order valence-electron chi connectivity index (χ4n) is 3.14. The summed E-state index contributed by atoms with van der Waals surface area (Å²) in [4.78, 5) is 39.8.